The van der Waals surface area contributed by atoms with E-state index in [-0.39, 0.29) is 17.2 Å². The fraction of sp³-hybridized carbons (Fsp3) is 0.548. The molecule has 1 amide bonds. The average molecular weight is 580 g/mol. The molecule has 2 unspecified atom stereocenters. The Labute approximate surface area is 244 Å². The molecule has 1 aliphatic rings. The summed E-state index contributed by atoms with van der Waals surface area (Å²) < 4.78 is 12.8. The zero-order valence-corrected chi connectivity index (χ0v) is 26.8. The number of ether oxygens (including phenoxy) is 2. The second-order valence-corrected chi connectivity index (χ2v) is 19.3. The normalized spacial score (nSPS) is 18.4. The maximum Gasteiger partial charge on any atom is 0.407 e. The van der Waals surface area contributed by atoms with Gasteiger partial charge in [-0.1, -0.05) is 65.5 Å². The van der Waals surface area contributed by atoms with E-state index >= 15 is 0 Å². The molecule has 4 rings (SSSR count). The summed E-state index contributed by atoms with van der Waals surface area (Å²) in [5, 5.41) is 6.47. The Morgan fingerprint density at radius 2 is 2.00 bits per heavy atom. The van der Waals surface area contributed by atoms with Crippen LogP contribution in [0, 0.1) is 10.8 Å². The smallest absolute Gasteiger partial charge is 0.407 e. The number of benzene rings is 1. The predicted molar refractivity (Wildman–Crippen MR) is 165 cm³/mol. The Hall–Kier alpha value is -3.08. The topological polar surface area (TPSA) is 107 Å². The van der Waals surface area contributed by atoms with E-state index in [0.717, 1.165) is 36.7 Å². The molecule has 41 heavy (non-hydrogen) atoms. The summed E-state index contributed by atoms with van der Waals surface area (Å²) in [4.78, 5) is 35.5. The molecule has 3 aromatic rings. The summed E-state index contributed by atoms with van der Waals surface area (Å²) in [7, 11) is 0.158. The lowest BCUT2D eigenvalue weighted by Crippen LogP contribution is -2.40. The van der Waals surface area contributed by atoms with Gasteiger partial charge in [-0.25, -0.2) is 14.8 Å². The number of rotatable bonds is 10. The van der Waals surface area contributed by atoms with Gasteiger partial charge in [0.15, 0.2) is 11.4 Å². The Morgan fingerprint density at radius 3 is 2.63 bits per heavy atom. The number of carbonyl (C=O) groups excluding carboxylic acids is 2. The van der Waals surface area contributed by atoms with E-state index in [9.17, 15) is 9.59 Å². The molecule has 0 bridgehead atoms. The number of aromatic nitrogens is 3. The van der Waals surface area contributed by atoms with Crippen LogP contribution in [0.2, 0.25) is 25.7 Å². The summed E-state index contributed by atoms with van der Waals surface area (Å²) in [6.45, 7) is 17.5. The lowest BCUT2D eigenvalue weighted by molar-refractivity contribution is 0.0849. The van der Waals surface area contributed by atoms with E-state index in [2.05, 4.69) is 37.2 Å². The second kappa shape index (κ2) is 12.0. The maximum absolute atomic E-state index is 13.5. The third-order valence-corrected chi connectivity index (χ3v) is 9.48. The quantitative estimate of drug-likeness (QED) is 0.171. The third-order valence-electron chi connectivity index (χ3n) is 7.78. The van der Waals surface area contributed by atoms with Gasteiger partial charge < -0.3 is 24.7 Å². The number of ketones is 1. The molecule has 1 saturated heterocycles. The number of nitrogens with zero attached hydrogens (tertiary/aromatic N) is 3. The maximum atomic E-state index is 13.5. The van der Waals surface area contributed by atoms with Gasteiger partial charge in [-0.15, -0.1) is 0 Å². The molecule has 9 nitrogen and oxygen atoms in total. The number of Topliss-reactive ketones (excluding diaryl/α,β-unsaturated/α-hetero) is 1. The first-order valence-corrected chi connectivity index (χ1v) is 18.1. The van der Waals surface area contributed by atoms with Gasteiger partial charge in [0.05, 0.1) is 30.6 Å². The highest BCUT2D eigenvalue weighted by molar-refractivity contribution is 6.76. The second-order valence-electron chi connectivity index (χ2n) is 13.6. The molecule has 1 fully saturated rings. The van der Waals surface area contributed by atoms with Gasteiger partial charge in [-0.05, 0) is 30.6 Å². The minimum absolute atomic E-state index is 0.00699. The van der Waals surface area contributed by atoms with Gasteiger partial charge in [0.1, 0.15) is 12.2 Å². The van der Waals surface area contributed by atoms with Crippen molar-refractivity contribution in [2.45, 2.75) is 72.6 Å². The monoisotopic (exact) mass is 579 g/mol. The summed E-state index contributed by atoms with van der Waals surface area (Å²) in [6, 6.07) is 8.81. The van der Waals surface area contributed by atoms with Gasteiger partial charge in [-0.2, -0.15) is 0 Å². The molecule has 0 spiro atoms. The van der Waals surface area contributed by atoms with Crippen LogP contribution in [0.4, 0.5) is 4.79 Å². The van der Waals surface area contributed by atoms with E-state index < -0.39 is 19.6 Å². The van der Waals surface area contributed by atoms with Crippen molar-refractivity contribution in [1.29, 1.82) is 0 Å². The number of fused-ring (bicyclic) bond motifs is 1. The highest BCUT2D eigenvalue weighted by Crippen LogP contribution is 2.40. The lowest BCUT2D eigenvalue weighted by atomic mass is 9.77. The lowest BCUT2D eigenvalue weighted by Gasteiger charge is -2.34. The number of hydrogen-bond donors (Lipinski definition) is 2. The number of hydrogen-bond acceptors (Lipinski definition) is 7. The van der Waals surface area contributed by atoms with Crippen LogP contribution in [0.5, 0.6) is 0 Å². The number of alkyl carbamates (subject to hydrolysis) is 1. The molecule has 3 heterocycles. The fourth-order valence-electron chi connectivity index (χ4n) is 5.20. The van der Waals surface area contributed by atoms with Crippen LogP contribution < -0.4 is 10.6 Å². The molecule has 1 aliphatic heterocycles. The van der Waals surface area contributed by atoms with Gasteiger partial charge in [0.25, 0.3) is 0 Å². The highest BCUT2D eigenvalue weighted by atomic mass is 28.3. The van der Waals surface area contributed by atoms with E-state index in [0.29, 0.717) is 35.8 Å². The fourth-order valence-corrected chi connectivity index (χ4v) is 5.95. The summed E-state index contributed by atoms with van der Waals surface area (Å²) in [5.74, 6) is 0.00699. The molecule has 2 aromatic heterocycles. The zero-order chi connectivity index (χ0) is 30.0. The van der Waals surface area contributed by atoms with Gasteiger partial charge in [0, 0.05) is 43.8 Å². The van der Waals surface area contributed by atoms with E-state index in [1.54, 1.807) is 6.20 Å². The molecular weight excluding hydrogens is 534 g/mol. The van der Waals surface area contributed by atoms with Crippen molar-refractivity contribution in [3.63, 3.8) is 0 Å². The number of carbonyl (C=O) groups is 2. The molecule has 1 aromatic carbocycles. The molecule has 0 radical (unpaired) electrons. The largest absolute Gasteiger partial charge is 0.453 e. The first-order valence-electron chi connectivity index (χ1n) is 14.4. The molecule has 222 valence electrons. The van der Waals surface area contributed by atoms with Crippen molar-refractivity contribution in [3.05, 3.63) is 47.8 Å². The number of nitrogens with one attached hydrogen (secondary N) is 2. The number of methoxy groups -OCH3 is 1. The SMILES string of the molecule is COC(=O)NC(c1cccc(-c2cnc3c(n2)c(C(=O)C(C)(C)C)cn3COCC[Si](C)(C)C)c1)C1(C)CCNC1. The predicted octanol–water partition coefficient (Wildman–Crippen LogP) is 6.04. The Bertz CT molecular complexity index is 1400. The van der Waals surface area contributed by atoms with Crippen molar-refractivity contribution < 1.29 is 19.1 Å². The zero-order valence-electron chi connectivity index (χ0n) is 25.8. The molecule has 10 heteroatoms. The van der Waals surface area contributed by atoms with Crippen LogP contribution in [0.1, 0.15) is 56.1 Å². The first-order chi connectivity index (χ1) is 19.2. The van der Waals surface area contributed by atoms with E-state index in [1.165, 1.54) is 7.11 Å². The third kappa shape index (κ3) is 7.23. The minimum atomic E-state index is -1.22. The van der Waals surface area contributed by atoms with Crippen LogP contribution in [-0.4, -0.2) is 61.3 Å². The molecule has 2 atom stereocenters. The standard InChI is InChI=1S/C31H45N5O4Si/c1-30(2,3)27(37)23-18-36(20-40-14-15-41(6,7)8)28-25(23)34-24(17-33-28)21-10-9-11-22(16-21)26(35-29(38)39-5)31(4)12-13-32-19-31/h9-11,16-18,26,32H,12-15,19-20H2,1-8H3,(H,35,38). The van der Waals surface area contributed by atoms with Crippen molar-refractivity contribution >= 4 is 31.1 Å². The Balaban J connectivity index is 1.72. The van der Waals surface area contributed by atoms with Crippen LogP contribution in [-0.2, 0) is 16.2 Å². The van der Waals surface area contributed by atoms with Gasteiger partial charge >= 0.3 is 6.09 Å². The van der Waals surface area contributed by atoms with Crippen molar-refractivity contribution in [1.82, 2.24) is 25.2 Å². The van der Waals surface area contributed by atoms with E-state index in [1.807, 2.05) is 55.8 Å². The first kappa shape index (κ1) is 30.9. The highest BCUT2D eigenvalue weighted by Gasteiger charge is 2.39. The van der Waals surface area contributed by atoms with Crippen molar-refractivity contribution in [3.8, 4) is 11.3 Å². The summed E-state index contributed by atoms with van der Waals surface area (Å²) in [5.41, 5.74) is 3.46. The van der Waals surface area contributed by atoms with Crippen molar-refractivity contribution in [2.24, 2.45) is 10.8 Å². The molecule has 0 aliphatic carbocycles. The van der Waals surface area contributed by atoms with Crippen LogP contribution in [0.25, 0.3) is 22.4 Å². The average Bonchev–Trinajstić information content (AvgIpc) is 3.52. The number of amides is 1. The Morgan fingerprint density at radius 1 is 1.24 bits per heavy atom. The molecular formula is C31H45N5O4Si. The van der Waals surface area contributed by atoms with Crippen LogP contribution in [0.3, 0.4) is 0 Å². The molecule has 2 N–H and O–H groups in total. The van der Waals surface area contributed by atoms with Crippen LogP contribution in [0.15, 0.2) is 36.7 Å². The molecule has 0 saturated carbocycles. The van der Waals surface area contributed by atoms with Gasteiger partial charge in [0.2, 0.25) is 0 Å². The Kier molecular flexibility index (Phi) is 9.06. The van der Waals surface area contributed by atoms with E-state index in [4.69, 9.17) is 19.4 Å². The summed E-state index contributed by atoms with van der Waals surface area (Å²) >= 11 is 0. The minimum Gasteiger partial charge on any atom is -0.453 e. The van der Waals surface area contributed by atoms with Crippen molar-refractivity contribution in [2.75, 3.05) is 26.8 Å². The van der Waals surface area contributed by atoms with Gasteiger partial charge in [-0.3, -0.25) is 4.79 Å². The van der Waals surface area contributed by atoms with Crippen LogP contribution >= 0.6 is 0 Å². The summed E-state index contributed by atoms with van der Waals surface area (Å²) in [6.07, 6.45) is 4.03.